The van der Waals surface area contributed by atoms with E-state index in [9.17, 15) is 9.67 Å². The lowest BCUT2D eigenvalue weighted by Gasteiger charge is -2.29. The van der Waals surface area contributed by atoms with Crippen LogP contribution in [0.4, 0.5) is 0 Å². The van der Waals surface area contributed by atoms with Crippen LogP contribution >= 0.6 is 7.52 Å². The van der Waals surface area contributed by atoms with Crippen molar-refractivity contribution in [2.24, 2.45) is 0 Å². The van der Waals surface area contributed by atoms with E-state index < -0.39 is 18.5 Å². The maximum Gasteiger partial charge on any atom is 0.303 e. The van der Waals surface area contributed by atoms with E-state index in [1.165, 1.54) is 4.67 Å². The number of hydrogen-bond acceptors (Lipinski definition) is 3. The van der Waals surface area contributed by atoms with Crippen molar-refractivity contribution in [2.45, 2.75) is 38.1 Å². The zero-order valence-electron chi connectivity index (χ0n) is 8.87. The van der Waals surface area contributed by atoms with Gasteiger partial charge in [-0.1, -0.05) is 0 Å². The highest BCUT2D eigenvalue weighted by Crippen LogP contribution is 2.69. The van der Waals surface area contributed by atoms with Crippen LogP contribution in [0.15, 0.2) is 0 Å². The van der Waals surface area contributed by atoms with E-state index in [0.717, 1.165) is 0 Å². The summed E-state index contributed by atoms with van der Waals surface area (Å²) in [4.78, 5) is 0. The van der Waals surface area contributed by atoms with Crippen LogP contribution in [0.25, 0.3) is 0 Å². The van der Waals surface area contributed by atoms with Gasteiger partial charge in [-0.05, 0) is 34.9 Å². The molecule has 0 radical (unpaired) electrons. The fraction of sp³-hybridized carbons (Fsp3) is 1.00. The van der Waals surface area contributed by atoms with Crippen LogP contribution in [0.1, 0.15) is 27.2 Å². The van der Waals surface area contributed by atoms with E-state index in [2.05, 4.69) is 0 Å². The number of nitrogens with zero attached hydrogens (tertiary/aromatic N) is 1. The average Bonchev–Trinajstić information content (AvgIpc) is 1.97. The maximum atomic E-state index is 12.2. The molecule has 1 N–H and O–H groups in total. The van der Waals surface area contributed by atoms with Gasteiger partial charge in [0.05, 0.1) is 5.60 Å². The fourth-order valence-corrected chi connectivity index (χ4v) is 4.42. The van der Waals surface area contributed by atoms with Gasteiger partial charge in [0.1, 0.15) is 0 Å². The van der Waals surface area contributed by atoms with Crippen LogP contribution in [0.2, 0.25) is 0 Å². The van der Waals surface area contributed by atoms with E-state index in [-0.39, 0.29) is 0 Å². The molecule has 1 fully saturated rings. The molecule has 0 aromatic rings. The summed E-state index contributed by atoms with van der Waals surface area (Å²) in [6.45, 7) is 5.25. The Labute approximate surface area is 79.4 Å². The molecule has 0 aromatic carbocycles. The topological polar surface area (TPSA) is 49.8 Å². The minimum absolute atomic E-state index is 0.398. The Kier molecular flexibility index (Phi) is 2.41. The van der Waals surface area contributed by atoms with Crippen LogP contribution in [0.3, 0.4) is 0 Å². The number of rotatable bonds is 1. The Morgan fingerprint density at radius 2 is 1.85 bits per heavy atom. The third-order valence-corrected chi connectivity index (χ3v) is 5.44. The zero-order valence-corrected chi connectivity index (χ0v) is 9.76. The standard InChI is InChI=1S/C8H18NO3P/c1-7(2)6-8(3,10)13(11,12-7)9(4)5/h10H,6H2,1-5H3. The molecular weight excluding hydrogens is 189 g/mol. The van der Waals surface area contributed by atoms with Crippen LogP contribution in [-0.4, -0.2) is 34.8 Å². The molecule has 1 heterocycles. The van der Waals surface area contributed by atoms with Crippen LogP contribution in [0.5, 0.6) is 0 Å². The van der Waals surface area contributed by atoms with Crippen molar-refractivity contribution >= 4 is 7.52 Å². The minimum Gasteiger partial charge on any atom is -0.378 e. The van der Waals surface area contributed by atoms with Gasteiger partial charge in [0, 0.05) is 6.42 Å². The van der Waals surface area contributed by atoms with Crippen molar-refractivity contribution in [2.75, 3.05) is 14.1 Å². The van der Waals surface area contributed by atoms with Gasteiger partial charge in [0.2, 0.25) is 0 Å². The quantitative estimate of drug-likeness (QED) is 0.664. The summed E-state index contributed by atoms with van der Waals surface area (Å²) in [6, 6.07) is 0. The van der Waals surface area contributed by atoms with Crippen LogP contribution < -0.4 is 0 Å². The molecule has 78 valence electrons. The van der Waals surface area contributed by atoms with Crippen LogP contribution in [0, 0.1) is 0 Å². The highest BCUT2D eigenvalue weighted by atomic mass is 31.2. The Hall–Kier alpha value is 0.110. The normalized spacial score (nSPS) is 44.2. The van der Waals surface area contributed by atoms with E-state index >= 15 is 0 Å². The van der Waals surface area contributed by atoms with E-state index in [1.807, 2.05) is 13.8 Å². The summed E-state index contributed by atoms with van der Waals surface area (Å²) in [5.74, 6) is 0. The SMILES string of the molecule is CN(C)P1(=O)OC(C)(C)CC1(C)O. The van der Waals surface area contributed by atoms with E-state index in [1.54, 1.807) is 21.0 Å². The van der Waals surface area contributed by atoms with Gasteiger partial charge in [-0.25, -0.2) is 4.67 Å². The van der Waals surface area contributed by atoms with E-state index in [4.69, 9.17) is 4.52 Å². The first kappa shape index (κ1) is 11.2. The van der Waals surface area contributed by atoms with Gasteiger partial charge in [0.15, 0.2) is 5.34 Å². The molecule has 0 spiro atoms. The molecule has 1 aliphatic rings. The molecule has 13 heavy (non-hydrogen) atoms. The molecule has 0 aromatic heterocycles. The fourth-order valence-electron chi connectivity index (χ4n) is 1.88. The molecule has 0 bridgehead atoms. The van der Waals surface area contributed by atoms with Gasteiger partial charge in [0.25, 0.3) is 0 Å². The second kappa shape index (κ2) is 2.80. The highest BCUT2D eigenvalue weighted by molar-refractivity contribution is 7.58. The monoisotopic (exact) mass is 207 g/mol. The molecule has 4 nitrogen and oxygen atoms in total. The highest BCUT2D eigenvalue weighted by Gasteiger charge is 2.58. The molecule has 0 saturated carbocycles. The first-order chi connectivity index (χ1) is 5.61. The molecule has 1 aliphatic heterocycles. The van der Waals surface area contributed by atoms with Crippen molar-refractivity contribution in [3.05, 3.63) is 0 Å². The van der Waals surface area contributed by atoms with Crippen LogP contribution in [-0.2, 0) is 9.09 Å². The predicted molar refractivity (Wildman–Crippen MR) is 51.7 cm³/mol. The Morgan fingerprint density at radius 1 is 1.38 bits per heavy atom. The first-order valence-electron chi connectivity index (χ1n) is 4.32. The Morgan fingerprint density at radius 3 is 2.00 bits per heavy atom. The Bertz CT molecular complexity index is 260. The average molecular weight is 207 g/mol. The number of aliphatic hydroxyl groups is 1. The minimum atomic E-state index is -3.08. The maximum absolute atomic E-state index is 12.2. The molecule has 0 amide bonds. The lowest BCUT2D eigenvalue weighted by Crippen LogP contribution is -2.27. The first-order valence-corrected chi connectivity index (χ1v) is 5.90. The van der Waals surface area contributed by atoms with Crippen molar-refractivity contribution in [3.8, 4) is 0 Å². The van der Waals surface area contributed by atoms with Gasteiger partial charge in [-0.3, -0.25) is 4.57 Å². The molecule has 5 heteroatoms. The lowest BCUT2D eigenvalue weighted by atomic mass is 10.0. The Balaban J connectivity index is 3.08. The molecule has 2 atom stereocenters. The molecule has 2 unspecified atom stereocenters. The smallest absolute Gasteiger partial charge is 0.303 e. The summed E-state index contributed by atoms with van der Waals surface area (Å²) in [6.07, 6.45) is 0.398. The summed E-state index contributed by atoms with van der Waals surface area (Å²) in [5.41, 5.74) is -0.511. The van der Waals surface area contributed by atoms with Crippen molar-refractivity contribution in [1.29, 1.82) is 0 Å². The van der Waals surface area contributed by atoms with Crippen molar-refractivity contribution in [3.63, 3.8) is 0 Å². The summed E-state index contributed by atoms with van der Waals surface area (Å²) < 4.78 is 19.2. The number of hydrogen-bond donors (Lipinski definition) is 1. The zero-order chi connectivity index (χ0) is 10.5. The second-order valence-electron chi connectivity index (χ2n) is 4.61. The second-order valence-corrected chi connectivity index (χ2v) is 7.60. The van der Waals surface area contributed by atoms with Crippen molar-refractivity contribution in [1.82, 2.24) is 4.67 Å². The molecule has 0 aliphatic carbocycles. The molecular formula is C8H18NO3P. The predicted octanol–water partition coefficient (Wildman–Crippen LogP) is 1.65. The molecule has 1 saturated heterocycles. The van der Waals surface area contributed by atoms with E-state index in [0.29, 0.717) is 6.42 Å². The summed E-state index contributed by atoms with van der Waals surface area (Å²) in [7, 11) is 0.249. The van der Waals surface area contributed by atoms with Gasteiger partial charge >= 0.3 is 7.52 Å². The largest absolute Gasteiger partial charge is 0.378 e. The summed E-state index contributed by atoms with van der Waals surface area (Å²) in [5, 5.41) is 8.75. The van der Waals surface area contributed by atoms with Gasteiger partial charge in [-0.15, -0.1) is 0 Å². The van der Waals surface area contributed by atoms with Gasteiger partial charge in [-0.2, -0.15) is 0 Å². The summed E-state index contributed by atoms with van der Waals surface area (Å²) >= 11 is 0. The third kappa shape index (κ3) is 1.68. The van der Waals surface area contributed by atoms with Crippen molar-refractivity contribution < 1.29 is 14.2 Å². The third-order valence-electron chi connectivity index (χ3n) is 2.27. The lowest BCUT2D eigenvalue weighted by molar-refractivity contribution is 0.0931. The molecule has 1 rings (SSSR count). The van der Waals surface area contributed by atoms with Gasteiger partial charge < -0.3 is 9.63 Å².